The van der Waals surface area contributed by atoms with E-state index in [0.717, 1.165) is 32.5 Å². The average Bonchev–Trinajstić information content (AvgIpc) is 2.13. The first-order chi connectivity index (χ1) is 6.63. The molecule has 4 nitrogen and oxygen atoms in total. The summed E-state index contributed by atoms with van der Waals surface area (Å²) in [6.45, 7) is 7.04. The zero-order chi connectivity index (χ0) is 11.0. The topological polar surface area (TPSA) is 44.5 Å². The molecule has 0 aliphatic carbocycles. The maximum absolute atomic E-state index is 5.44. The van der Waals surface area contributed by atoms with E-state index in [2.05, 4.69) is 43.3 Å². The lowest BCUT2D eigenvalue weighted by Crippen LogP contribution is -2.45. The zero-order valence-corrected chi connectivity index (χ0v) is 10.0. The van der Waals surface area contributed by atoms with Gasteiger partial charge in [0.1, 0.15) is 6.17 Å². The van der Waals surface area contributed by atoms with Crippen LogP contribution in [0.5, 0.6) is 0 Å². The van der Waals surface area contributed by atoms with Crippen molar-refractivity contribution in [3.8, 4) is 0 Å². The van der Waals surface area contributed by atoms with Gasteiger partial charge in [0.2, 0.25) is 0 Å². The SMILES string of the molecule is CCCN([C](C)NCCCN)N(C)C. The highest BCUT2D eigenvalue weighted by Crippen LogP contribution is 2.05. The molecule has 0 spiro atoms. The summed E-state index contributed by atoms with van der Waals surface area (Å²) in [6.07, 6.45) is 3.36. The van der Waals surface area contributed by atoms with Crippen molar-refractivity contribution in [1.82, 2.24) is 15.3 Å². The van der Waals surface area contributed by atoms with Gasteiger partial charge in [0.15, 0.2) is 0 Å². The number of hydrogen-bond donors (Lipinski definition) is 2. The van der Waals surface area contributed by atoms with Gasteiger partial charge >= 0.3 is 0 Å². The predicted molar refractivity (Wildman–Crippen MR) is 61.3 cm³/mol. The fourth-order valence-corrected chi connectivity index (χ4v) is 1.34. The monoisotopic (exact) mass is 201 g/mol. The first kappa shape index (κ1) is 13.8. The molecule has 0 aromatic carbocycles. The standard InChI is InChI=1S/C10H25N4/c1-5-9-14(13(3)4)10(2)12-8-6-7-11/h12H,5-9,11H2,1-4H3. The second kappa shape index (κ2) is 8.17. The van der Waals surface area contributed by atoms with Crippen LogP contribution in [0.4, 0.5) is 0 Å². The van der Waals surface area contributed by atoms with Crippen LogP contribution < -0.4 is 11.1 Å². The van der Waals surface area contributed by atoms with Gasteiger partial charge in [-0.05, 0) is 32.9 Å². The molecule has 0 atom stereocenters. The number of nitrogens with zero attached hydrogens (tertiary/aromatic N) is 2. The third-order valence-electron chi connectivity index (χ3n) is 2.07. The van der Waals surface area contributed by atoms with Crippen molar-refractivity contribution in [3.63, 3.8) is 0 Å². The molecule has 0 fully saturated rings. The normalized spacial score (nSPS) is 12.0. The molecule has 3 N–H and O–H groups in total. The molecule has 0 amide bonds. The number of nitrogens with one attached hydrogen (secondary N) is 1. The van der Waals surface area contributed by atoms with Crippen LogP contribution in [-0.4, -0.2) is 43.7 Å². The van der Waals surface area contributed by atoms with Crippen molar-refractivity contribution in [3.05, 3.63) is 6.17 Å². The van der Waals surface area contributed by atoms with Gasteiger partial charge in [-0.25, -0.2) is 10.0 Å². The van der Waals surface area contributed by atoms with Crippen LogP contribution in [0, 0.1) is 6.17 Å². The Morgan fingerprint density at radius 1 is 1.36 bits per heavy atom. The molecule has 0 saturated carbocycles. The fourth-order valence-electron chi connectivity index (χ4n) is 1.34. The van der Waals surface area contributed by atoms with Crippen LogP contribution in [0.3, 0.4) is 0 Å². The molecule has 0 unspecified atom stereocenters. The minimum absolute atomic E-state index is 0.746. The largest absolute Gasteiger partial charge is 0.330 e. The van der Waals surface area contributed by atoms with E-state index in [0.29, 0.717) is 0 Å². The Morgan fingerprint density at radius 2 is 2.00 bits per heavy atom. The number of hydrazine groups is 1. The van der Waals surface area contributed by atoms with Crippen molar-refractivity contribution < 1.29 is 0 Å². The van der Waals surface area contributed by atoms with E-state index in [1.165, 1.54) is 6.17 Å². The van der Waals surface area contributed by atoms with E-state index in [4.69, 9.17) is 5.73 Å². The van der Waals surface area contributed by atoms with Gasteiger partial charge in [0.05, 0.1) is 0 Å². The third kappa shape index (κ3) is 5.54. The van der Waals surface area contributed by atoms with Gasteiger partial charge in [0, 0.05) is 20.6 Å². The second-order valence-electron chi connectivity index (χ2n) is 3.62. The molecular weight excluding hydrogens is 176 g/mol. The van der Waals surface area contributed by atoms with Crippen LogP contribution in [0.15, 0.2) is 0 Å². The Hall–Kier alpha value is -0.160. The number of rotatable bonds is 8. The van der Waals surface area contributed by atoms with Crippen molar-refractivity contribution in [1.29, 1.82) is 0 Å². The van der Waals surface area contributed by atoms with E-state index in [9.17, 15) is 0 Å². The maximum atomic E-state index is 5.44. The average molecular weight is 201 g/mol. The molecule has 0 aliphatic heterocycles. The number of nitrogens with two attached hydrogens (primary N) is 1. The summed E-state index contributed by atoms with van der Waals surface area (Å²) in [4.78, 5) is 0. The van der Waals surface area contributed by atoms with Gasteiger partial charge in [-0.15, -0.1) is 0 Å². The van der Waals surface area contributed by atoms with Gasteiger partial charge in [0.25, 0.3) is 0 Å². The van der Waals surface area contributed by atoms with E-state index < -0.39 is 0 Å². The lowest BCUT2D eigenvalue weighted by molar-refractivity contribution is 0.0241. The van der Waals surface area contributed by atoms with Crippen LogP contribution >= 0.6 is 0 Å². The Morgan fingerprint density at radius 3 is 2.43 bits per heavy atom. The van der Waals surface area contributed by atoms with Crippen molar-refractivity contribution in [2.45, 2.75) is 26.7 Å². The first-order valence-electron chi connectivity index (χ1n) is 5.35. The summed E-state index contributed by atoms with van der Waals surface area (Å²) in [5, 5.41) is 7.71. The second-order valence-corrected chi connectivity index (χ2v) is 3.62. The van der Waals surface area contributed by atoms with Crippen LogP contribution in [0.2, 0.25) is 0 Å². The summed E-state index contributed by atoms with van der Waals surface area (Å²) < 4.78 is 0. The molecule has 0 bridgehead atoms. The van der Waals surface area contributed by atoms with Crippen molar-refractivity contribution in [2.75, 3.05) is 33.7 Å². The van der Waals surface area contributed by atoms with Gasteiger partial charge in [-0.1, -0.05) is 6.92 Å². The van der Waals surface area contributed by atoms with Crippen molar-refractivity contribution in [2.24, 2.45) is 5.73 Å². The molecule has 0 rings (SSSR count). The quantitative estimate of drug-likeness (QED) is 0.446. The van der Waals surface area contributed by atoms with Crippen LogP contribution in [0.25, 0.3) is 0 Å². The predicted octanol–water partition coefficient (Wildman–Crippen LogP) is 0.623. The molecule has 0 aromatic rings. The zero-order valence-electron chi connectivity index (χ0n) is 10.0. The van der Waals surface area contributed by atoms with Crippen molar-refractivity contribution >= 4 is 0 Å². The van der Waals surface area contributed by atoms with E-state index in [1.807, 2.05) is 0 Å². The Kier molecular flexibility index (Phi) is 8.08. The third-order valence-corrected chi connectivity index (χ3v) is 2.07. The fraction of sp³-hybridized carbons (Fsp3) is 0.900. The van der Waals surface area contributed by atoms with E-state index in [1.54, 1.807) is 0 Å². The van der Waals surface area contributed by atoms with E-state index in [-0.39, 0.29) is 0 Å². The summed E-state index contributed by atoms with van der Waals surface area (Å²) in [5.74, 6) is 0. The molecule has 1 radical (unpaired) electrons. The van der Waals surface area contributed by atoms with Gasteiger partial charge in [-0.3, -0.25) is 5.32 Å². The molecule has 0 saturated heterocycles. The molecule has 0 heterocycles. The number of hydrogen-bond acceptors (Lipinski definition) is 4. The Bertz CT molecular complexity index is 127. The molecule has 4 heteroatoms. The van der Waals surface area contributed by atoms with Gasteiger partial charge < -0.3 is 5.73 Å². The Labute approximate surface area is 88.4 Å². The highest BCUT2D eigenvalue weighted by Gasteiger charge is 2.14. The summed E-state index contributed by atoms with van der Waals surface area (Å²) in [5.41, 5.74) is 5.44. The highest BCUT2D eigenvalue weighted by molar-refractivity contribution is 4.78. The molecule has 0 aliphatic rings. The summed E-state index contributed by atoms with van der Waals surface area (Å²) >= 11 is 0. The maximum Gasteiger partial charge on any atom is 0.115 e. The minimum atomic E-state index is 0.746. The van der Waals surface area contributed by atoms with Crippen LogP contribution in [-0.2, 0) is 0 Å². The Balaban J connectivity index is 3.82. The molecule has 14 heavy (non-hydrogen) atoms. The van der Waals surface area contributed by atoms with E-state index >= 15 is 0 Å². The van der Waals surface area contributed by atoms with Gasteiger partial charge in [-0.2, -0.15) is 0 Å². The minimum Gasteiger partial charge on any atom is -0.330 e. The first-order valence-corrected chi connectivity index (χ1v) is 5.35. The highest BCUT2D eigenvalue weighted by atomic mass is 15.6. The lowest BCUT2D eigenvalue weighted by atomic mass is 10.4. The van der Waals surface area contributed by atoms with Crippen LogP contribution in [0.1, 0.15) is 26.7 Å². The summed E-state index contributed by atoms with van der Waals surface area (Å²) in [6, 6.07) is 0. The molecule has 0 aromatic heterocycles. The summed E-state index contributed by atoms with van der Waals surface area (Å²) in [7, 11) is 4.12. The smallest absolute Gasteiger partial charge is 0.115 e. The lowest BCUT2D eigenvalue weighted by Gasteiger charge is -2.33. The molecule has 85 valence electrons. The molecular formula is C10H25N4.